The highest BCUT2D eigenvalue weighted by atomic mass is 32.1. The van der Waals surface area contributed by atoms with E-state index in [-0.39, 0.29) is 5.91 Å². The summed E-state index contributed by atoms with van der Waals surface area (Å²) >= 11 is 1.23. The summed E-state index contributed by atoms with van der Waals surface area (Å²) in [5.74, 6) is -1.30. The minimum absolute atomic E-state index is 0.287. The van der Waals surface area contributed by atoms with Gasteiger partial charge in [0.05, 0.1) is 0 Å². The van der Waals surface area contributed by atoms with Gasteiger partial charge in [-0.15, -0.1) is 10.2 Å². The molecule has 0 saturated carbocycles. The van der Waals surface area contributed by atoms with E-state index in [1.165, 1.54) is 22.9 Å². The lowest BCUT2D eigenvalue weighted by Gasteiger charge is -2.01. The fraction of sp³-hybridized carbons (Fsp3) is 0. The number of carboxylic acids is 1. The molecule has 0 aliphatic heterocycles. The number of amides is 1. The summed E-state index contributed by atoms with van der Waals surface area (Å²) in [4.78, 5) is 22.2. The fourth-order valence-corrected chi connectivity index (χ4v) is 1.75. The maximum atomic E-state index is 11.8. The van der Waals surface area contributed by atoms with Crippen LogP contribution < -0.4 is 5.32 Å². The Labute approximate surface area is 112 Å². The zero-order valence-electron chi connectivity index (χ0n) is 9.61. The molecule has 0 spiro atoms. The first-order valence-electron chi connectivity index (χ1n) is 5.24. The van der Waals surface area contributed by atoms with E-state index in [4.69, 9.17) is 5.11 Å². The molecule has 0 aliphatic carbocycles. The maximum Gasteiger partial charge on any atom is 0.328 e. The number of nitrogens with one attached hydrogen (secondary N) is 1. The van der Waals surface area contributed by atoms with Crippen LogP contribution in [0.25, 0.3) is 6.08 Å². The third kappa shape index (κ3) is 3.71. The number of aromatic nitrogens is 2. The lowest BCUT2D eigenvalue weighted by atomic mass is 10.1. The number of carbonyl (C=O) groups excluding carboxylic acids is 1. The topological polar surface area (TPSA) is 92.2 Å². The molecule has 0 unspecified atom stereocenters. The summed E-state index contributed by atoms with van der Waals surface area (Å²) in [7, 11) is 0. The van der Waals surface area contributed by atoms with Crippen molar-refractivity contribution in [2.45, 2.75) is 0 Å². The molecular weight excluding hydrogens is 266 g/mol. The molecule has 1 aromatic carbocycles. The third-order valence-electron chi connectivity index (χ3n) is 2.17. The van der Waals surface area contributed by atoms with Crippen LogP contribution in [0.2, 0.25) is 0 Å². The lowest BCUT2D eigenvalue weighted by molar-refractivity contribution is -0.131. The summed E-state index contributed by atoms with van der Waals surface area (Å²) < 4.78 is 0. The normalized spacial score (nSPS) is 10.5. The van der Waals surface area contributed by atoms with Gasteiger partial charge in [-0.2, -0.15) is 0 Å². The molecule has 0 atom stereocenters. The first kappa shape index (κ1) is 12.9. The SMILES string of the molecule is O=C(O)/C=C/c1ccc(C(=O)Nc2nncs2)cc1. The minimum Gasteiger partial charge on any atom is -0.478 e. The van der Waals surface area contributed by atoms with E-state index in [2.05, 4.69) is 15.5 Å². The number of aliphatic carboxylic acids is 1. The standard InChI is InChI=1S/C12H9N3O3S/c16-10(17)6-3-8-1-4-9(5-2-8)11(18)14-12-15-13-7-19-12/h1-7H,(H,16,17)(H,14,15,18)/b6-3+. The molecule has 96 valence electrons. The second-order valence-electron chi connectivity index (χ2n) is 3.49. The highest BCUT2D eigenvalue weighted by molar-refractivity contribution is 7.13. The number of carbonyl (C=O) groups is 2. The number of nitrogens with zero attached hydrogens (tertiary/aromatic N) is 2. The molecule has 0 saturated heterocycles. The van der Waals surface area contributed by atoms with Crippen molar-refractivity contribution in [1.29, 1.82) is 0 Å². The highest BCUT2D eigenvalue weighted by Crippen LogP contribution is 2.12. The van der Waals surface area contributed by atoms with Gasteiger partial charge in [0.2, 0.25) is 5.13 Å². The van der Waals surface area contributed by atoms with Gasteiger partial charge in [-0.25, -0.2) is 4.79 Å². The van der Waals surface area contributed by atoms with Crippen molar-refractivity contribution in [3.05, 3.63) is 47.0 Å². The van der Waals surface area contributed by atoms with Gasteiger partial charge in [0.15, 0.2) is 0 Å². The monoisotopic (exact) mass is 275 g/mol. The van der Waals surface area contributed by atoms with Crippen LogP contribution in [0.3, 0.4) is 0 Å². The maximum absolute atomic E-state index is 11.8. The number of anilines is 1. The van der Waals surface area contributed by atoms with E-state index in [1.54, 1.807) is 24.3 Å². The minimum atomic E-state index is -1.02. The lowest BCUT2D eigenvalue weighted by Crippen LogP contribution is -2.11. The van der Waals surface area contributed by atoms with Gasteiger partial charge in [-0.1, -0.05) is 23.5 Å². The number of hydrogen-bond donors (Lipinski definition) is 2. The molecule has 2 rings (SSSR count). The van der Waals surface area contributed by atoms with Gasteiger partial charge in [-0.3, -0.25) is 10.1 Å². The molecular formula is C12H9N3O3S. The Kier molecular flexibility index (Phi) is 3.99. The second-order valence-corrected chi connectivity index (χ2v) is 4.32. The molecule has 1 aromatic heterocycles. The molecule has 6 nitrogen and oxygen atoms in total. The molecule has 0 fully saturated rings. The predicted molar refractivity (Wildman–Crippen MR) is 71.0 cm³/mol. The Morgan fingerprint density at radius 2 is 2.00 bits per heavy atom. The molecule has 7 heteroatoms. The summed E-state index contributed by atoms with van der Waals surface area (Å²) in [5.41, 5.74) is 2.69. The van der Waals surface area contributed by atoms with Gasteiger partial charge in [0, 0.05) is 11.6 Å². The van der Waals surface area contributed by atoms with E-state index < -0.39 is 5.97 Å². The Bertz CT molecular complexity index is 606. The number of rotatable bonds is 4. The Balaban J connectivity index is 2.05. The van der Waals surface area contributed by atoms with Crippen LogP contribution in [0.15, 0.2) is 35.9 Å². The van der Waals surface area contributed by atoms with Crippen LogP contribution in [-0.2, 0) is 4.79 Å². The Morgan fingerprint density at radius 3 is 2.58 bits per heavy atom. The average Bonchev–Trinajstić information content (AvgIpc) is 2.89. The van der Waals surface area contributed by atoms with E-state index in [1.807, 2.05) is 0 Å². The molecule has 0 radical (unpaired) electrons. The highest BCUT2D eigenvalue weighted by Gasteiger charge is 2.07. The van der Waals surface area contributed by atoms with Gasteiger partial charge in [0.1, 0.15) is 5.51 Å². The first-order valence-corrected chi connectivity index (χ1v) is 6.12. The molecule has 0 aliphatic rings. The van der Waals surface area contributed by atoms with Crippen molar-refractivity contribution in [3.63, 3.8) is 0 Å². The van der Waals surface area contributed by atoms with Gasteiger partial charge in [-0.05, 0) is 23.8 Å². The van der Waals surface area contributed by atoms with Crippen LogP contribution >= 0.6 is 11.3 Å². The van der Waals surface area contributed by atoms with Gasteiger partial charge < -0.3 is 5.11 Å². The fourth-order valence-electron chi connectivity index (χ4n) is 1.31. The number of hydrogen-bond acceptors (Lipinski definition) is 5. The molecule has 0 bridgehead atoms. The Hall–Kier alpha value is -2.54. The van der Waals surface area contributed by atoms with E-state index >= 15 is 0 Å². The predicted octanol–water partition coefficient (Wildman–Crippen LogP) is 1.89. The zero-order chi connectivity index (χ0) is 13.7. The van der Waals surface area contributed by atoms with Crippen LogP contribution in [0.4, 0.5) is 5.13 Å². The van der Waals surface area contributed by atoms with Crippen LogP contribution in [0.1, 0.15) is 15.9 Å². The van der Waals surface area contributed by atoms with Gasteiger partial charge >= 0.3 is 5.97 Å². The van der Waals surface area contributed by atoms with Gasteiger partial charge in [0.25, 0.3) is 5.91 Å². The van der Waals surface area contributed by atoms with Crippen molar-refractivity contribution in [2.75, 3.05) is 5.32 Å². The van der Waals surface area contributed by atoms with Crippen LogP contribution in [-0.4, -0.2) is 27.2 Å². The van der Waals surface area contributed by atoms with E-state index in [0.29, 0.717) is 16.3 Å². The van der Waals surface area contributed by atoms with E-state index in [0.717, 1.165) is 6.08 Å². The summed E-state index contributed by atoms with van der Waals surface area (Å²) in [6, 6.07) is 6.54. The Morgan fingerprint density at radius 1 is 1.26 bits per heavy atom. The summed E-state index contributed by atoms with van der Waals surface area (Å²) in [6.45, 7) is 0. The number of carboxylic acid groups (broad SMARTS) is 1. The van der Waals surface area contributed by atoms with Crippen LogP contribution in [0, 0.1) is 0 Å². The number of benzene rings is 1. The first-order chi connectivity index (χ1) is 9.15. The molecule has 2 aromatic rings. The largest absolute Gasteiger partial charge is 0.478 e. The van der Waals surface area contributed by atoms with E-state index in [9.17, 15) is 9.59 Å². The summed E-state index contributed by atoms with van der Waals surface area (Å²) in [5, 5.41) is 18.9. The van der Waals surface area contributed by atoms with Crippen molar-refractivity contribution < 1.29 is 14.7 Å². The van der Waals surface area contributed by atoms with Crippen molar-refractivity contribution in [1.82, 2.24) is 10.2 Å². The third-order valence-corrected chi connectivity index (χ3v) is 2.78. The van der Waals surface area contributed by atoms with Crippen molar-refractivity contribution in [2.24, 2.45) is 0 Å². The quantitative estimate of drug-likeness (QED) is 0.831. The summed E-state index contributed by atoms with van der Waals surface area (Å²) in [6.07, 6.45) is 2.49. The van der Waals surface area contributed by atoms with Crippen LogP contribution in [0.5, 0.6) is 0 Å². The molecule has 2 N–H and O–H groups in total. The molecule has 1 amide bonds. The smallest absolute Gasteiger partial charge is 0.328 e. The second kappa shape index (κ2) is 5.87. The van der Waals surface area contributed by atoms with Crippen molar-refractivity contribution >= 4 is 34.4 Å². The van der Waals surface area contributed by atoms with Crippen molar-refractivity contribution in [3.8, 4) is 0 Å². The molecule has 19 heavy (non-hydrogen) atoms. The zero-order valence-corrected chi connectivity index (χ0v) is 10.4. The average molecular weight is 275 g/mol. The molecule has 1 heterocycles.